The summed E-state index contributed by atoms with van der Waals surface area (Å²) < 4.78 is 5.14. The molecule has 2 rings (SSSR count). The average Bonchev–Trinajstić information content (AvgIpc) is 2.49. The molecule has 0 saturated heterocycles. The van der Waals surface area contributed by atoms with Crippen molar-refractivity contribution in [1.29, 1.82) is 5.26 Å². The van der Waals surface area contributed by atoms with Crippen LogP contribution in [-0.2, 0) is 6.42 Å². The van der Waals surface area contributed by atoms with Gasteiger partial charge in [-0.05, 0) is 37.0 Å². The number of rotatable bonds is 5. The van der Waals surface area contributed by atoms with Gasteiger partial charge in [0, 0.05) is 6.54 Å². The van der Waals surface area contributed by atoms with E-state index >= 15 is 0 Å². The van der Waals surface area contributed by atoms with Gasteiger partial charge in [0.25, 0.3) is 0 Å². The third kappa shape index (κ3) is 3.71. The van der Waals surface area contributed by atoms with E-state index in [2.05, 4.69) is 23.5 Å². The van der Waals surface area contributed by atoms with Crippen LogP contribution in [0.3, 0.4) is 0 Å². The predicted octanol–water partition coefficient (Wildman–Crippen LogP) is 3.05. The highest BCUT2D eigenvalue weighted by atomic mass is 16.5. The van der Waals surface area contributed by atoms with Gasteiger partial charge in [-0.2, -0.15) is 5.26 Å². The first-order valence-electron chi connectivity index (χ1n) is 7.07. The third-order valence-corrected chi connectivity index (χ3v) is 3.96. The first-order chi connectivity index (χ1) is 9.28. The standard InChI is InChI=1S/C16H22N2O/c1-19-15-7-5-14(6-8-15)9-12-18-16(13-17)10-3-2-4-11-16/h5-8,18H,2-4,9-12H2,1H3. The van der Waals surface area contributed by atoms with Crippen LogP contribution in [-0.4, -0.2) is 19.2 Å². The van der Waals surface area contributed by atoms with Crippen molar-refractivity contribution in [3.8, 4) is 11.8 Å². The molecule has 0 heterocycles. The summed E-state index contributed by atoms with van der Waals surface area (Å²) in [6.07, 6.45) is 6.54. The van der Waals surface area contributed by atoms with Crippen molar-refractivity contribution >= 4 is 0 Å². The van der Waals surface area contributed by atoms with Crippen LogP contribution in [0, 0.1) is 11.3 Å². The number of nitrogens with zero attached hydrogens (tertiary/aromatic N) is 1. The van der Waals surface area contributed by atoms with E-state index in [0.29, 0.717) is 0 Å². The van der Waals surface area contributed by atoms with Crippen LogP contribution >= 0.6 is 0 Å². The first-order valence-corrected chi connectivity index (χ1v) is 7.07. The molecule has 0 amide bonds. The molecule has 3 nitrogen and oxygen atoms in total. The SMILES string of the molecule is COc1ccc(CCNC2(C#N)CCCCC2)cc1. The highest BCUT2D eigenvalue weighted by Gasteiger charge is 2.30. The summed E-state index contributed by atoms with van der Waals surface area (Å²) in [5.41, 5.74) is 1.00. The molecule has 102 valence electrons. The largest absolute Gasteiger partial charge is 0.497 e. The number of nitrogens with one attached hydrogen (secondary N) is 1. The molecule has 0 aliphatic heterocycles. The first kappa shape index (κ1) is 13.9. The predicted molar refractivity (Wildman–Crippen MR) is 76.1 cm³/mol. The zero-order chi connectivity index (χ0) is 13.6. The highest BCUT2D eigenvalue weighted by Crippen LogP contribution is 2.27. The van der Waals surface area contributed by atoms with E-state index in [1.165, 1.54) is 24.8 Å². The molecular weight excluding hydrogens is 236 g/mol. The maximum absolute atomic E-state index is 9.38. The van der Waals surface area contributed by atoms with Crippen molar-refractivity contribution in [1.82, 2.24) is 5.32 Å². The van der Waals surface area contributed by atoms with Crippen LogP contribution < -0.4 is 10.1 Å². The van der Waals surface area contributed by atoms with Gasteiger partial charge in [0.15, 0.2) is 0 Å². The summed E-state index contributed by atoms with van der Waals surface area (Å²) in [7, 11) is 1.68. The molecular formula is C16H22N2O. The Morgan fingerprint density at radius 1 is 1.21 bits per heavy atom. The van der Waals surface area contributed by atoms with E-state index in [9.17, 15) is 5.26 Å². The van der Waals surface area contributed by atoms with Gasteiger partial charge in [-0.15, -0.1) is 0 Å². The van der Waals surface area contributed by atoms with Gasteiger partial charge < -0.3 is 4.74 Å². The second-order valence-electron chi connectivity index (χ2n) is 5.28. The van der Waals surface area contributed by atoms with Crippen LogP contribution in [0.1, 0.15) is 37.7 Å². The van der Waals surface area contributed by atoms with Gasteiger partial charge in [0.2, 0.25) is 0 Å². The molecule has 1 fully saturated rings. The van der Waals surface area contributed by atoms with Gasteiger partial charge in [-0.1, -0.05) is 31.4 Å². The quantitative estimate of drug-likeness (QED) is 0.883. The van der Waals surface area contributed by atoms with Gasteiger partial charge in [-0.3, -0.25) is 5.32 Å². The molecule has 1 aromatic carbocycles. The van der Waals surface area contributed by atoms with Gasteiger partial charge in [0.05, 0.1) is 13.2 Å². The fourth-order valence-corrected chi connectivity index (χ4v) is 2.72. The summed E-state index contributed by atoms with van der Waals surface area (Å²) in [5.74, 6) is 0.887. The molecule has 0 spiro atoms. The number of ether oxygens (including phenoxy) is 1. The lowest BCUT2D eigenvalue weighted by molar-refractivity contribution is 0.299. The number of hydrogen-bond donors (Lipinski definition) is 1. The Bertz CT molecular complexity index is 427. The minimum absolute atomic E-state index is 0.273. The van der Waals surface area contributed by atoms with Crippen molar-refractivity contribution in [2.45, 2.75) is 44.1 Å². The average molecular weight is 258 g/mol. The normalized spacial score (nSPS) is 17.7. The smallest absolute Gasteiger partial charge is 0.118 e. The minimum atomic E-state index is -0.273. The van der Waals surface area contributed by atoms with E-state index < -0.39 is 0 Å². The Morgan fingerprint density at radius 3 is 2.47 bits per heavy atom. The molecule has 0 unspecified atom stereocenters. The Hall–Kier alpha value is -1.53. The van der Waals surface area contributed by atoms with Crippen molar-refractivity contribution in [3.63, 3.8) is 0 Å². The zero-order valence-electron chi connectivity index (χ0n) is 11.6. The molecule has 3 heteroatoms. The fourth-order valence-electron chi connectivity index (χ4n) is 2.72. The van der Waals surface area contributed by atoms with Gasteiger partial charge in [0.1, 0.15) is 11.3 Å². The van der Waals surface area contributed by atoms with Crippen molar-refractivity contribution < 1.29 is 4.74 Å². The molecule has 1 aromatic rings. The Balaban J connectivity index is 1.83. The van der Waals surface area contributed by atoms with Crippen LogP contribution in [0.4, 0.5) is 0 Å². The van der Waals surface area contributed by atoms with Crippen molar-refractivity contribution in [3.05, 3.63) is 29.8 Å². The molecule has 0 aromatic heterocycles. The van der Waals surface area contributed by atoms with Crippen molar-refractivity contribution in [2.24, 2.45) is 0 Å². The van der Waals surface area contributed by atoms with Crippen LogP contribution in [0.15, 0.2) is 24.3 Å². The summed E-state index contributed by atoms with van der Waals surface area (Å²) in [5, 5.41) is 12.8. The molecule has 0 atom stereocenters. The second kappa shape index (κ2) is 6.58. The molecule has 1 N–H and O–H groups in total. The van der Waals surface area contributed by atoms with Crippen LogP contribution in [0.2, 0.25) is 0 Å². The molecule has 0 radical (unpaired) electrons. The lowest BCUT2D eigenvalue weighted by Crippen LogP contribution is -2.46. The van der Waals surface area contributed by atoms with Gasteiger partial charge >= 0.3 is 0 Å². The molecule has 0 bridgehead atoms. The third-order valence-electron chi connectivity index (χ3n) is 3.96. The highest BCUT2D eigenvalue weighted by molar-refractivity contribution is 5.27. The fraction of sp³-hybridized carbons (Fsp3) is 0.562. The Kier molecular flexibility index (Phi) is 4.81. The summed E-state index contributed by atoms with van der Waals surface area (Å²) in [6.45, 7) is 0.861. The van der Waals surface area contributed by atoms with E-state index in [1.54, 1.807) is 7.11 Å². The lowest BCUT2D eigenvalue weighted by atomic mass is 9.83. The number of nitriles is 1. The van der Waals surface area contributed by atoms with E-state index in [0.717, 1.165) is 31.6 Å². The Labute approximate surface area is 115 Å². The Morgan fingerprint density at radius 2 is 1.89 bits per heavy atom. The molecule has 1 aliphatic carbocycles. The molecule has 1 saturated carbocycles. The summed E-state index contributed by atoms with van der Waals surface area (Å²) >= 11 is 0. The topological polar surface area (TPSA) is 45.0 Å². The zero-order valence-corrected chi connectivity index (χ0v) is 11.6. The van der Waals surface area contributed by atoms with E-state index in [-0.39, 0.29) is 5.54 Å². The van der Waals surface area contributed by atoms with E-state index in [4.69, 9.17) is 4.74 Å². The van der Waals surface area contributed by atoms with Crippen molar-refractivity contribution in [2.75, 3.05) is 13.7 Å². The van der Waals surface area contributed by atoms with Crippen LogP contribution in [0.25, 0.3) is 0 Å². The minimum Gasteiger partial charge on any atom is -0.497 e. The lowest BCUT2D eigenvalue weighted by Gasteiger charge is -2.31. The number of methoxy groups -OCH3 is 1. The van der Waals surface area contributed by atoms with Crippen LogP contribution in [0.5, 0.6) is 5.75 Å². The van der Waals surface area contributed by atoms with Gasteiger partial charge in [-0.25, -0.2) is 0 Å². The summed E-state index contributed by atoms with van der Waals surface area (Å²) in [6, 6.07) is 10.6. The maximum atomic E-state index is 9.38. The second-order valence-corrected chi connectivity index (χ2v) is 5.28. The van der Waals surface area contributed by atoms with E-state index in [1.807, 2.05) is 12.1 Å². The summed E-state index contributed by atoms with van der Waals surface area (Å²) in [4.78, 5) is 0. The molecule has 19 heavy (non-hydrogen) atoms. The monoisotopic (exact) mass is 258 g/mol. The number of benzene rings is 1. The number of hydrogen-bond acceptors (Lipinski definition) is 3. The maximum Gasteiger partial charge on any atom is 0.118 e. The molecule has 1 aliphatic rings.